The third-order valence-electron chi connectivity index (χ3n) is 6.63. The number of aliphatic hydroxyl groups excluding tert-OH is 2. The molecule has 114 valence electrons. The summed E-state index contributed by atoms with van der Waals surface area (Å²) in [5, 5.41) is 30.8. The Morgan fingerprint density at radius 3 is 2.81 bits per heavy atom. The van der Waals surface area contributed by atoms with Crippen LogP contribution in [0.25, 0.3) is 0 Å². The van der Waals surface area contributed by atoms with Gasteiger partial charge in [-0.3, -0.25) is 0 Å². The van der Waals surface area contributed by atoms with Crippen LogP contribution in [-0.2, 0) is 6.42 Å². The lowest BCUT2D eigenvalue weighted by molar-refractivity contribution is -0.0798. The molecular formula is C18H24O3. The second-order valence-electron chi connectivity index (χ2n) is 7.59. The predicted octanol–water partition coefficient (Wildman–Crippen LogP) is 2.58. The van der Waals surface area contributed by atoms with Crippen molar-refractivity contribution >= 4 is 0 Å². The van der Waals surface area contributed by atoms with E-state index in [0.717, 1.165) is 25.7 Å². The molecule has 3 aliphatic rings. The summed E-state index contributed by atoms with van der Waals surface area (Å²) in [4.78, 5) is 0. The van der Waals surface area contributed by atoms with Gasteiger partial charge in [0.15, 0.2) is 0 Å². The van der Waals surface area contributed by atoms with Crippen molar-refractivity contribution in [2.45, 2.75) is 57.2 Å². The van der Waals surface area contributed by atoms with Gasteiger partial charge in [0.25, 0.3) is 0 Å². The zero-order valence-corrected chi connectivity index (χ0v) is 12.5. The Morgan fingerprint density at radius 2 is 2.00 bits per heavy atom. The monoisotopic (exact) mass is 290 g/mol. The number of phenols is 1. The highest BCUT2D eigenvalue weighted by Gasteiger charge is 2.57. The molecule has 21 heavy (non-hydrogen) atoms. The first-order chi connectivity index (χ1) is 10.0. The van der Waals surface area contributed by atoms with Gasteiger partial charge in [0.2, 0.25) is 0 Å². The van der Waals surface area contributed by atoms with Crippen molar-refractivity contribution in [3.8, 4) is 5.75 Å². The Morgan fingerprint density at radius 1 is 1.19 bits per heavy atom. The third kappa shape index (κ3) is 1.80. The lowest BCUT2D eigenvalue weighted by Crippen LogP contribution is -2.50. The maximum Gasteiger partial charge on any atom is 0.115 e. The number of hydrogen-bond donors (Lipinski definition) is 3. The van der Waals surface area contributed by atoms with Crippen molar-refractivity contribution in [1.29, 1.82) is 0 Å². The number of aliphatic hydroxyl groups is 2. The largest absolute Gasteiger partial charge is 0.508 e. The highest BCUT2D eigenvalue weighted by Crippen LogP contribution is 2.60. The maximum atomic E-state index is 10.8. The third-order valence-corrected chi connectivity index (χ3v) is 6.63. The summed E-state index contributed by atoms with van der Waals surface area (Å²) < 4.78 is 0. The first kappa shape index (κ1) is 13.6. The molecule has 0 unspecified atom stereocenters. The fourth-order valence-corrected chi connectivity index (χ4v) is 5.62. The SMILES string of the molecule is C[C@]12C[C@@H](O)[C@@H]3c4ccc(O)[14cH]c4CC[C@H]3[C@@H]1CC[C@H]2O. The van der Waals surface area contributed by atoms with Gasteiger partial charge in [-0.05, 0) is 72.6 Å². The van der Waals surface area contributed by atoms with Gasteiger partial charge in [0, 0.05) is 5.92 Å². The van der Waals surface area contributed by atoms with Crippen LogP contribution < -0.4 is 0 Å². The minimum atomic E-state index is -0.382. The van der Waals surface area contributed by atoms with Gasteiger partial charge < -0.3 is 15.3 Å². The molecule has 0 heterocycles. The highest BCUT2D eigenvalue weighted by molar-refractivity contribution is 5.40. The van der Waals surface area contributed by atoms with E-state index in [9.17, 15) is 15.3 Å². The van der Waals surface area contributed by atoms with Crippen LogP contribution in [0.3, 0.4) is 0 Å². The van der Waals surface area contributed by atoms with E-state index in [1.165, 1.54) is 11.1 Å². The standard InChI is InChI=1S/C18H24O3/c1-18-9-15(20)17-12-5-3-11(19)8-10(12)2-4-13(17)14(18)6-7-16(18)21/h3,5,8,13-17,19-21H,2,4,6-7,9H2,1H3/t13-,14-,15+,16+,17+,18-/m0/s1/i8+2. The van der Waals surface area contributed by atoms with Gasteiger partial charge in [-0.25, -0.2) is 0 Å². The van der Waals surface area contributed by atoms with Crippen molar-refractivity contribution in [2.24, 2.45) is 17.3 Å². The first-order valence-corrected chi connectivity index (χ1v) is 8.18. The van der Waals surface area contributed by atoms with Crippen LogP contribution in [0.1, 0.15) is 49.7 Å². The summed E-state index contributed by atoms with van der Waals surface area (Å²) in [6.07, 6.45) is 4.04. The molecule has 0 amide bonds. The zero-order valence-electron chi connectivity index (χ0n) is 12.5. The normalized spacial score (nSPS) is 44.8. The van der Waals surface area contributed by atoms with E-state index < -0.39 is 0 Å². The molecule has 0 saturated heterocycles. The Balaban J connectivity index is 1.76. The van der Waals surface area contributed by atoms with Crippen molar-refractivity contribution in [3.63, 3.8) is 0 Å². The summed E-state index contributed by atoms with van der Waals surface area (Å²) in [6.45, 7) is 2.17. The van der Waals surface area contributed by atoms with Crippen LogP contribution in [0.15, 0.2) is 18.2 Å². The number of phenolic OH excluding ortho intramolecular Hbond substituents is 1. The molecule has 0 bridgehead atoms. The Hall–Kier alpha value is -1.06. The summed E-state index contributed by atoms with van der Waals surface area (Å²) in [6, 6.07) is 5.60. The molecule has 0 aliphatic heterocycles. The minimum absolute atomic E-state index is 0.116. The molecule has 3 nitrogen and oxygen atoms in total. The number of aromatic hydroxyl groups is 1. The van der Waals surface area contributed by atoms with Crippen LogP contribution >= 0.6 is 0 Å². The van der Waals surface area contributed by atoms with Gasteiger partial charge in [0.1, 0.15) is 5.75 Å². The van der Waals surface area contributed by atoms with E-state index in [2.05, 4.69) is 6.92 Å². The van der Waals surface area contributed by atoms with Gasteiger partial charge in [-0.1, -0.05) is 13.0 Å². The lowest BCUT2D eigenvalue weighted by Gasteiger charge is -2.52. The molecule has 2 fully saturated rings. The van der Waals surface area contributed by atoms with Gasteiger partial charge in [-0.15, -0.1) is 0 Å². The van der Waals surface area contributed by atoms with Crippen LogP contribution in [0.4, 0.5) is 0 Å². The van der Waals surface area contributed by atoms with Crippen molar-refractivity contribution in [2.75, 3.05) is 0 Å². The van der Waals surface area contributed by atoms with Crippen LogP contribution in [0, 0.1) is 17.3 Å². The Labute approximate surface area is 125 Å². The molecule has 3 aliphatic carbocycles. The van der Waals surface area contributed by atoms with Gasteiger partial charge >= 0.3 is 0 Å². The van der Waals surface area contributed by atoms with E-state index in [1.54, 1.807) is 6.07 Å². The van der Waals surface area contributed by atoms with Gasteiger partial charge in [0.05, 0.1) is 12.2 Å². The topological polar surface area (TPSA) is 60.7 Å². The van der Waals surface area contributed by atoms with Crippen molar-refractivity contribution in [3.05, 3.63) is 29.3 Å². The van der Waals surface area contributed by atoms with Crippen LogP contribution in [0.5, 0.6) is 5.75 Å². The number of hydrogen-bond acceptors (Lipinski definition) is 3. The molecule has 0 aromatic heterocycles. The summed E-state index contributed by atoms with van der Waals surface area (Å²) >= 11 is 0. The minimum Gasteiger partial charge on any atom is -0.508 e. The lowest BCUT2D eigenvalue weighted by atomic mass is 9.55. The fraction of sp³-hybridized carbons (Fsp3) is 0.667. The van der Waals surface area contributed by atoms with Crippen LogP contribution in [-0.4, -0.2) is 27.5 Å². The molecule has 1 aromatic rings. The van der Waals surface area contributed by atoms with E-state index >= 15 is 0 Å². The Bertz CT molecular complexity index is 570. The Kier molecular flexibility index (Phi) is 2.89. The summed E-state index contributed by atoms with van der Waals surface area (Å²) in [7, 11) is 0. The molecule has 0 radical (unpaired) electrons. The second-order valence-corrected chi connectivity index (χ2v) is 7.59. The molecule has 3 heteroatoms. The smallest absolute Gasteiger partial charge is 0.115 e. The van der Waals surface area contributed by atoms with E-state index in [4.69, 9.17) is 0 Å². The number of rotatable bonds is 0. The predicted molar refractivity (Wildman–Crippen MR) is 80.1 cm³/mol. The van der Waals surface area contributed by atoms with Crippen LogP contribution in [0.2, 0.25) is 0 Å². The fourth-order valence-electron chi connectivity index (χ4n) is 5.62. The van der Waals surface area contributed by atoms with Crippen molar-refractivity contribution in [1.82, 2.24) is 0 Å². The average Bonchev–Trinajstić information content (AvgIpc) is 2.74. The quantitative estimate of drug-likeness (QED) is 0.688. The molecule has 4 rings (SSSR count). The zero-order chi connectivity index (χ0) is 14.8. The van der Waals surface area contributed by atoms with E-state index in [-0.39, 0.29) is 23.5 Å². The molecule has 6 atom stereocenters. The highest BCUT2D eigenvalue weighted by atomic mass is 16.3. The van der Waals surface area contributed by atoms with E-state index in [0.29, 0.717) is 24.0 Å². The summed E-state index contributed by atoms with van der Waals surface area (Å²) in [5.41, 5.74) is 2.30. The molecule has 2 saturated carbocycles. The second kappa shape index (κ2) is 4.47. The maximum absolute atomic E-state index is 10.8. The summed E-state index contributed by atoms with van der Waals surface area (Å²) in [5.74, 6) is 1.48. The molecule has 3 N–H and O–H groups in total. The van der Waals surface area contributed by atoms with Gasteiger partial charge in [-0.2, -0.15) is 0 Å². The van der Waals surface area contributed by atoms with Crippen molar-refractivity contribution < 1.29 is 15.3 Å². The number of fused-ring (bicyclic) bond motifs is 5. The molecular weight excluding hydrogens is 266 g/mol. The van der Waals surface area contributed by atoms with E-state index in [1.807, 2.05) is 12.1 Å². The average molecular weight is 290 g/mol. The number of benzene rings is 1. The molecule has 0 spiro atoms. The first-order valence-electron chi connectivity index (χ1n) is 8.18. The molecule has 1 aromatic carbocycles. The number of aryl methyl sites for hydroxylation is 1.